The summed E-state index contributed by atoms with van der Waals surface area (Å²) < 4.78 is 2.74. The molecule has 0 spiro atoms. The maximum absolute atomic E-state index is 6.43. The average Bonchev–Trinajstić information content (AvgIpc) is 3.02. The van der Waals surface area contributed by atoms with Crippen molar-refractivity contribution in [3.05, 3.63) is 34.5 Å². The van der Waals surface area contributed by atoms with E-state index in [0.29, 0.717) is 18.5 Å². The summed E-state index contributed by atoms with van der Waals surface area (Å²) in [6, 6.07) is 7.13. The van der Waals surface area contributed by atoms with Crippen LogP contribution in [-0.2, 0) is 6.42 Å². The lowest BCUT2D eigenvalue weighted by molar-refractivity contribution is 0.224. The molecule has 2 aliphatic rings. The van der Waals surface area contributed by atoms with E-state index in [2.05, 4.69) is 41.9 Å². The van der Waals surface area contributed by atoms with E-state index in [9.17, 15) is 0 Å². The fourth-order valence-corrected chi connectivity index (χ4v) is 5.91. The molecule has 1 aromatic carbocycles. The van der Waals surface area contributed by atoms with Gasteiger partial charge in [0.25, 0.3) is 0 Å². The van der Waals surface area contributed by atoms with Crippen molar-refractivity contribution >= 4 is 22.5 Å². The van der Waals surface area contributed by atoms with Gasteiger partial charge in [0, 0.05) is 33.6 Å². The third-order valence-corrected chi connectivity index (χ3v) is 7.52. The summed E-state index contributed by atoms with van der Waals surface area (Å²) in [4.78, 5) is 0. The molecule has 1 saturated carbocycles. The van der Waals surface area contributed by atoms with Gasteiger partial charge in [0.15, 0.2) is 0 Å². The Labute approximate surface area is 175 Å². The lowest BCUT2D eigenvalue weighted by Gasteiger charge is -2.35. The molecule has 2 aromatic rings. The zero-order valence-corrected chi connectivity index (χ0v) is 18.3. The SMILES string of the molecule is CC(C)C1CCC(n2c(C3CCNCC3)c(CCN)c3cc(Cl)ccc32)CC1. The number of rotatable bonds is 5. The molecule has 2 fully saturated rings. The minimum Gasteiger partial charge on any atom is -0.341 e. The van der Waals surface area contributed by atoms with E-state index in [-0.39, 0.29) is 0 Å². The van der Waals surface area contributed by atoms with Crippen molar-refractivity contribution in [3.8, 4) is 0 Å². The zero-order chi connectivity index (χ0) is 19.7. The van der Waals surface area contributed by atoms with Crippen LogP contribution >= 0.6 is 11.6 Å². The molecule has 0 amide bonds. The Morgan fingerprint density at radius 1 is 1.11 bits per heavy atom. The van der Waals surface area contributed by atoms with Gasteiger partial charge in [-0.15, -0.1) is 0 Å². The Morgan fingerprint density at radius 2 is 1.82 bits per heavy atom. The molecule has 0 radical (unpaired) electrons. The second-order valence-corrected chi connectivity index (χ2v) is 9.71. The van der Waals surface area contributed by atoms with Crippen molar-refractivity contribution in [2.45, 2.75) is 70.8 Å². The van der Waals surface area contributed by atoms with Crippen LogP contribution in [0.2, 0.25) is 5.02 Å². The van der Waals surface area contributed by atoms with Gasteiger partial charge in [-0.05, 0) is 100 Å². The molecule has 1 aliphatic heterocycles. The van der Waals surface area contributed by atoms with Crippen LogP contribution in [0.3, 0.4) is 0 Å². The minimum absolute atomic E-state index is 0.620. The van der Waals surface area contributed by atoms with Gasteiger partial charge in [-0.2, -0.15) is 0 Å². The summed E-state index contributed by atoms with van der Waals surface area (Å²) in [6.45, 7) is 7.71. The van der Waals surface area contributed by atoms with Crippen LogP contribution in [-0.4, -0.2) is 24.2 Å². The van der Waals surface area contributed by atoms with E-state index >= 15 is 0 Å². The number of nitrogens with one attached hydrogen (secondary N) is 1. The molecule has 2 heterocycles. The van der Waals surface area contributed by atoms with Crippen molar-refractivity contribution in [1.82, 2.24) is 9.88 Å². The van der Waals surface area contributed by atoms with Gasteiger partial charge >= 0.3 is 0 Å². The Hall–Kier alpha value is -1.03. The molecule has 4 rings (SSSR count). The van der Waals surface area contributed by atoms with Gasteiger partial charge < -0.3 is 15.6 Å². The summed E-state index contributed by atoms with van der Waals surface area (Å²) in [7, 11) is 0. The minimum atomic E-state index is 0.620. The number of piperidine rings is 1. The number of aromatic nitrogens is 1. The molecule has 0 atom stereocenters. The molecule has 0 bridgehead atoms. The molecular weight excluding hydrogens is 366 g/mol. The molecule has 1 aliphatic carbocycles. The first kappa shape index (κ1) is 20.3. The van der Waals surface area contributed by atoms with E-state index in [1.54, 1.807) is 5.69 Å². The lowest BCUT2D eigenvalue weighted by atomic mass is 9.79. The number of nitrogens with two attached hydrogens (primary N) is 1. The number of hydrogen-bond acceptors (Lipinski definition) is 2. The van der Waals surface area contributed by atoms with Crippen LogP contribution in [0.15, 0.2) is 18.2 Å². The highest BCUT2D eigenvalue weighted by atomic mass is 35.5. The maximum atomic E-state index is 6.43. The predicted molar refractivity (Wildman–Crippen MR) is 120 cm³/mol. The predicted octanol–water partition coefficient (Wildman–Crippen LogP) is 5.65. The summed E-state index contributed by atoms with van der Waals surface area (Å²) in [5.74, 6) is 2.33. The van der Waals surface area contributed by atoms with E-state index in [1.807, 2.05) is 0 Å². The third-order valence-electron chi connectivity index (χ3n) is 7.28. The summed E-state index contributed by atoms with van der Waals surface area (Å²) >= 11 is 6.43. The number of halogens is 1. The van der Waals surface area contributed by atoms with Crippen LogP contribution in [0.4, 0.5) is 0 Å². The summed E-state index contributed by atoms with van der Waals surface area (Å²) in [6.07, 6.45) is 8.71. The number of hydrogen-bond donors (Lipinski definition) is 2. The smallest absolute Gasteiger partial charge is 0.0489 e. The lowest BCUT2D eigenvalue weighted by Crippen LogP contribution is -2.30. The van der Waals surface area contributed by atoms with E-state index in [1.165, 1.54) is 55.0 Å². The van der Waals surface area contributed by atoms with Crippen LogP contribution in [0.5, 0.6) is 0 Å². The Bertz CT molecular complexity index is 796. The molecule has 4 heteroatoms. The standard InChI is InChI=1S/C24H36ClN3/c1-16(2)17-3-6-20(7-4-17)28-23-8-5-19(25)15-22(23)21(9-12-26)24(28)18-10-13-27-14-11-18/h5,8,15-18,20,27H,3-4,6-7,9-14,26H2,1-2H3. The van der Waals surface area contributed by atoms with Gasteiger partial charge in [-0.3, -0.25) is 0 Å². The molecule has 28 heavy (non-hydrogen) atoms. The van der Waals surface area contributed by atoms with Gasteiger partial charge in [0.1, 0.15) is 0 Å². The normalized spacial score (nSPS) is 24.3. The van der Waals surface area contributed by atoms with Crippen molar-refractivity contribution in [2.75, 3.05) is 19.6 Å². The van der Waals surface area contributed by atoms with Gasteiger partial charge in [0.05, 0.1) is 0 Å². The van der Waals surface area contributed by atoms with Crippen molar-refractivity contribution in [2.24, 2.45) is 17.6 Å². The number of nitrogens with zero attached hydrogens (tertiary/aromatic N) is 1. The van der Waals surface area contributed by atoms with Crippen LogP contribution in [0.25, 0.3) is 10.9 Å². The fourth-order valence-electron chi connectivity index (χ4n) is 5.74. The largest absolute Gasteiger partial charge is 0.341 e. The Kier molecular flexibility index (Phi) is 6.34. The second kappa shape index (κ2) is 8.77. The first-order valence-electron chi connectivity index (χ1n) is 11.3. The van der Waals surface area contributed by atoms with Crippen molar-refractivity contribution in [1.29, 1.82) is 0 Å². The number of fused-ring (bicyclic) bond motifs is 1. The summed E-state index contributed by atoms with van der Waals surface area (Å²) in [5, 5.41) is 5.72. The Morgan fingerprint density at radius 3 is 2.46 bits per heavy atom. The molecule has 3 nitrogen and oxygen atoms in total. The molecule has 0 unspecified atom stereocenters. The zero-order valence-electron chi connectivity index (χ0n) is 17.5. The topological polar surface area (TPSA) is 43.0 Å². The molecule has 154 valence electrons. The molecule has 1 saturated heterocycles. The number of benzene rings is 1. The first-order chi connectivity index (χ1) is 13.6. The highest BCUT2D eigenvalue weighted by Gasteiger charge is 2.31. The molecular formula is C24H36ClN3. The van der Waals surface area contributed by atoms with E-state index in [0.717, 1.165) is 36.4 Å². The first-order valence-corrected chi connectivity index (χ1v) is 11.7. The maximum Gasteiger partial charge on any atom is 0.0489 e. The van der Waals surface area contributed by atoms with Crippen molar-refractivity contribution < 1.29 is 0 Å². The summed E-state index contributed by atoms with van der Waals surface area (Å²) in [5.41, 5.74) is 10.5. The second-order valence-electron chi connectivity index (χ2n) is 9.27. The molecule has 3 N–H and O–H groups in total. The Balaban J connectivity index is 1.81. The highest BCUT2D eigenvalue weighted by molar-refractivity contribution is 6.31. The average molecular weight is 402 g/mol. The van der Waals surface area contributed by atoms with Gasteiger partial charge in [0.2, 0.25) is 0 Å². The van der Waals surface area contributed by atoms with Gasteiger partial charge in [-0.1, -0.05) is 25.4 Å². The quantitative estimate of drug-likeness (QED) is 0.679. The van der Waals surface area contributed by atoms with Crippen LogP contribution in [0, 0.1) is 11.8 Å². The fraction of sp³-hybridized carbons (Fsp3) is 0.667. The van der Waals surface area contributed by atoms with E-state index in [4.69, 9.17) is 17.3 Å². The monoisotopic (exact) mass is 401 g/mol. The van der Waals surface area contributed by atoms with Crippen LogP contribution < -0.4 is 11.1 Å². The third kappa shape index (κ3) is 3.86. The highest BCUT2D eigenvalue weighted by Crippen LogP contribution is 2.43. The molecule has 1 aromatic heterocycles. The van der Waals surface area contributed by atoms with Gasteiger partial charge in [-0.25, -0.2) is 0 Å². The van der Waals surface area contributed by atoms with Crippen molar-refractivity contribution in [3.63, 3.8) is 0 Å². The van der Waals surface area contributed by atoms with Crippen LogP contribution in [0.1, 0.15) is 75.6 Å². The van der Waals surface area contributed by atoms with E-state index < -0.39 is 0 Å².